The first-order chi connectivity index (χ1) is 28.2. The van der Waals surface area contributed by atoms with Crippen molar-refractivity contribution in [1.29, 1.82) is 0 Å². The van der Waals surface area contributed by atoms with E-state index in [1.54, 1.807) is 0 Å². The number of aromatic nitrogens is 3. The quantitative estimate of drug-likeness (QED) is 0.0744. The van der Waals surface area contributed by atoms with E-state index in [0.717, 1.165) is 50.2 Å². The molecule has 6 heteroatoms. The Morgan fingerprint density at radius 3 is 1.83 bits per heavy atom. The van der Waals surface area contributed by atoms with Gasteiger partial charge in [0.25, 0.3) is 0 Å². The SMILES string of the molecule is C=C(/C(=C\C=C(/C)C(=O)c1ccccc1)c1ccc2c(c1C)N(c1nc(-c3ccccc3)nc(-c3ccccc3)n1)C1CC(C(=O)c3ccccc3)=CC=C21)C(C)C. The highest BCUT2D eigenvalue weighted by molar-refractivity contribution is 6.11. The van der Waals surface area contributed by atoms with Crippen molar-refractivity contribution in [2.45, 2.75) is 40.2 Å². The molecule has 1 unspecified atom stereocenters. The lowest BCUT2D eigenvalue weighted by atomic mass is 9.85. The van der Waals surface area contributed by atoms with Crippen molar-refractivity contribution >= 4 is 34.3 Å². The van der Waals surface area contributed by atoms with Crippen molar-refractivity contribution in [1.82, 2.24) is 15.0 Å². The van der Waals surface area contributed by atoms with Crippen LogP contribution in [0.3, 0.4) is 0 Å². The number of anilines is 2. The Morgan fingerprint density at radius 2 is 1.26 bits per heavy atom. The molecule has 0 N–H and O–H groups in total. The van der Waals surface area contributed by atoms with Crippen LogP contribution < -0.4 is 4.90 Å². The van der Waals surface area contributed by atoms with Crippen molar-refractivity contribution in [3.05, 3.63) is 209 Å². The van der Waals surface area contributed by atoms with Crippen molar-refractivity contribution < 1.29 is 9.59 Å². The van der Waals surface area contributed by atoms with Crippen LogP contribution in [0.2, 0.25) is 0 Å². The van der Waals surface area contributed by atoms with Crippen LogP contribution in [0.1, 0.15) is 64.6 Å². The molecular formula is C52H44N4O2. The smallest absolute Gasteiger partial charge is 0.234 e. The van der Waals surface area contributed by atoms with Crippen molar-refractivity contribution in [3.63, 3.8) is 0 Å². The minimum atomic E-state index is -0.266. The molecule has 1 atom stereocenters. The summed E-state index contributed by atoms with van der Waals surface area (Å²) >= 11 is 0. The van der Waals surface area contributed by atoms with Gasteiger partial charge in [-0.25, -0.2) is 4.98 Å². The van der Waals surface area contributed by atoms with Crippen molar-refractivity contribution in [2.24, 2.45) is 5.92 Å². The zero-order valence-electron chi connectivity index (χ0n) is 33.2. The van der Waals surface area contributed by atoms with Gasteiger partial charge >= 0.3 is 0 Å². The summed E-state index contributed by atoms with van der Waals surface area (Å²) < 4.78 is 0. The van der Waals surface area contributed by atoms with Gasteiger partial charge in [0.15, 0.2) is 23.2 Å². The van der Waals surface area contributed by atoms with Gasteiger partial charge in [0.1, 0.15) is 0 Å². The van der Waals surface area contributed by atoms with Crippen molar-refractivity contribution in [2.75, 3.05) is 4.90 Å². The molecule has 0 bridgehead atoms. The first kappa shape index (κ1) is 37.9. The Balaban J connectivity index is 1.32. The van der Waals surface area contributed by atoms with E-state index in [1.807, 2.05) is 146 Å². The van der Waals surface area contributed by atoms with Gasteiger partial charge in [-0.1, -0.05) is 178 Å². The number of Topliss-reactive ketones (excluding diaryl/α,β-unsaturated/α-hetero) is 2. The number of hydrogen-bond donors (Lipinski definition) is 0. The fourth-order valence-electron chi connectivity index (χ4n) is 7.75. The molecule has 0 amide bonds. The third-order valence-electron chi connectivity index (χ3n) is 11.0. The number of allylic oxidation sites excluding steroid dienone is 7. The monoisotopic (exact) mass is 756 g/mol. The molecule has 0 fully saturated rings. The van der Waals surface area contributed by atoms with Gasteiger partial charge in [-0.3, -0.25) is 9.59 Å². The Labute approximate surface area is 340 Å². The highest BCUT2D eigenvalue weighted by Gasteiger charge is 2.41. The Morgan fingerprint density at radius 1 is 0.707 bits per heavy atom. The molecule has 0 spiro atoms. The van der Waals surface area contributed by atoms with Crippen LogP contribution in [0.4, 0.5) is 11.6 Å². The number of carbonyl (C=O) groups is 2. The second-order valence-corrected chi connectivity index (χ2v) is 15.1. The van der Waals surface area contributed by atoms with Crippen LogP contribution in [0, 0.1) is 12.8 Å². The molecule has 2 heterocycles. The fourth-order valence-corrected chi connectivity index (χ4v) is 7.75. The normalized spacial score (nSPS) is 15.1. The summed E-state index contributed by atoms with van der Waals surface area (Å²) in [4.78, 5) is 45.0. The van der Waals surface area contributed by atoms with Gasteiger partial charge in [0.05, 0.1) is 11.7 Å². The molecule has 58 heavy (non-hydrogen) atoms. The largest absolute Gasteiger partial charge is 0.302 e. The number of rotatable bonds is 11. The fraction of sp³-hybridized carbons (Fsp3) is 0.135. The standard InChI is InChI=1S/C52H44N4O2/c1-33(2)35(4)42(28-26-34(3)48(57)37-18-10-6-11-19-37)43-30-31-45-44-29-27-41(49(58)38-20-12-7-13-21-38)32-46(44)56(47(45)36(43)5)52-54-50(39-22-14-8-15-23-39)53-51(55-52)40-24-16-9-17-25-40/h6-31,33,46H,4,32H2,1-3,5H3/b34-26+,42-28+. The zero-order valence-corrected chi connectivity index (χ0v) is 33.2. The third kappa shape index (κ3) is 7.33. The summed E-state index contributed by atoms with van der Waals surface area (Å²) in [7, 11) is 0. The number of benzene rings is 5. The first-order valence-electron chi connectivity index (χ1n) is 19.7. The third-order valence-corrected chi connectivity index (χ3v) is 11.0. The average Bonchev–Trinajstić information content (AvgIpc) is 3.61. The van der Waals surface area contributed by atoms with Gasteiger partial charge in [-0.05, 0) is 53.2 Å². The molecule has 1 aliphatic carbocycles. The van der Waals surface area contributed by atoms with E-state index in [4.69, 9.17) is 15.0 Å². The molecule has 5 aromatic carbocycles. The summed E-state index contributed by atoms with van der Waals surface area (Å²) in [6, 6.07) is 42.8. The summed E-state index contributed by atoms with van der Waals surface area (Å²) in [6.07, 6.45) is 8.45. The topological polar surface area (TPSA) is 76.1 Å². The summed E-state index contributed by atoms with van der Waals surface area (Å²) in [5.74, 6) is 1.73. The molecule has 6 aromatic rings. The molecule has 1 aliphatic heterocycles. The molecule has 1 aromatic heterocycles. The van der Waals surface area contributed by atoms with Crippen LogP contribution in [0.15, 0.2) is 181 Å². The van der Waals surface area contributed by atoms with E-state index in [-0.39, 0.29) is 23.5 Å². The molecule has 284 valence electrons. The second-order valence-electron chi connectivity index (χ2n) is 15.1. The summed E-state index contributed by atoms with van der Waals surface area (Å²) in [5.41, 5.74) is 11.4. The molecule has 0 saturated heterocycles. The molecular weight excluding hydrogens is 713 g/mol. The number of ketones is 2. The zero-order chi connectivity index (χ0) is 40.3. The van der Waals surface area contributed by atoms with Gasteiger partial charge in [0, 0.05) is 39.8 Å². The average molecular weight is 757 g/mol. The van der Waals surface area contributed by atoms with Gasteiger partial charge < -0.3 is 4.90 Å². The van der Waals surface area contributed by atoms with Crippen LogP contribution in [-0.4, -0.2) is 32.6 Å². The van der Waals surface area contributed by atoms with Crippen LogP contribution >= 0.6 is 0 Å². The number of fused-ring (bicyclic) bond motifs is 3. The molecule has 6 nitrogen and oxygen atoms in total. The van der Waals surface area contributed by atoms with Gasteiger partial charge in [-0.2, -0.15) is 9.97 Å². The highest BCUT2D eigenvalue weighted by atomic mass is 16.1. The van der Waals surface area contributed by atoms with E-state index >= 15 is 0 Å². The second kappa shape index (κ2) is 16.2. The lowest BCUT2D eigenvalue weighted by molar-refractivity contribution is 0.102. The van der Waals surface area contributed by atoms with Crippen LogP contribution in [0.5, 0.6) is 0 Å². The van der Waals surface area contributed by atoms with E-state index in [9.17, 15) is 9.59 Å². The highest BCUT2D eigenvalue weighted by Crippen LogP contribution is 2.51. The summed E-state index contributed by atoms with van der Waals surface area (Å²) in [6.45, 7) is 12.8. The predicted octanol–water partition coefficient (Wildman–Crippen LogP) is 12.1. The molecule has 0 saturated carbocycles. The van der Waals surface area contributed by atoms with Gasteiger partial charge in [0.2, 0.25) is 5.95 Å². The van der Waals surface area contributed by atoms with Crippen molar-refractivity contribution in [3.8, 4) is 22.8 Å². The van der Waals surface area contributed by atoms with E-state index in [1.165, 1.54) is 0 Å². The van der Waals surface area contributed by atoms with E-state index in [2.05, 4.69) is 50.5 Å². The lowest BCUT2D eigenvalue weighted by Crippen LogP contribution is -2.32. The lowest BCUT2D eigenvalue weighted by Gasteiger charge is -2.30. The number of carbonyl (C=O) groups excluding carboxylic acids is 2. The molecule has 0 radical (unpaired) electrons. The minimum absolute atomic E-state index is 0.000437. The van der Waals surface area contributed by atoms with Gasteiger partial charge in [-0.15, -0.1) is 0 Å². The Bertz CT molecular complexity index is 2620. The van der Waals surface area contributed by atoms with E-state index in [0.29, 0.717) is 46.3 Å². The molecule has 2 aliphatic rings. The molecule has 8 rings (SSSR count). The van der Waals surface area contributed by atoms with Crippen LogP contribution in [0.25, 0.3) is 33.9 Å². The minimum Gasteiger partial charge on any atom is -0.302 e. The maximum absolute atomic E-state index is 14.0. The Kier molecular flexibility index (Phi) is 10.6. The number of hydrogen-bond acceptors (Lipinski definition) is 6. The summed E-state index contributed by atoms with van der Waals surface area (Å²) in [5, 5.41) is 0. The first-order valence-corrected chi connectivity index (χ1v) is 19.7. The van der Waals surface area contributed by atoms with E-state index < -0.39 is 0 Å². The van der Waals surface area contributed by atoms with Crippen LogP contribution in [-0.2, 0) is 0 Å². The maximum atomic E-state index is 14.0. The number of nitrogens with zero attached hydrogens (tertiary/aromatic N) is 4. The Hall–Kier alpha value is -7.05. The predicted molar refractivity (Wildman–Crippen MR) is 236 cm³/mol. The maximum Gasteiger partial charge on any atom is 0.234 e.